The number of benzene rings is 1. The Bertz CT molecular complexity index is 346. The Labute approximate surface area is 113 Å². The quantitative estimate of drug-likeness (QED) is 0.820. The van der Waals surface area contributed by atoms with Crippen molar-refractivity contribution in [2.75, 3.05) is 13.1 Å². The van der Waals surface area contributed by atoms with Crippen LogP contribution < -0.4 is 11.1 Å². The SMILES string of the molecule is Cl.Cl.NC1CNCC1=NOCc1ccccc1. The van der Waals surface area contributed by atoms with Gasteiger partial charge in [0.25, 0.3) is 0 Å². The van der Waals surface area contributed by atoms with E-state index in [2.05, 4.69) is 10.5 Å². The molecule has 3 N–H and O–H groups in total. The van der Waals surface area contributed by atoms with E-state index in [1.807, 2.05) is 30.3 Å². The highest BCUT2D eigenvalue weighted by Crippen LogP contribution is 2.01. The summed E-state index contributed by atoms with van der Waals surface area (Å²) >= 11 is 0. The molecule has 1 fully saturated rings. The Balaban J connectivity index is 0.00000128. The molecule has 0 amide bonds. The summed E-state index contributed by atoms with van der Waals surface area (Å²) in [7, 11) is 0. The Morgan fingerprint density at radius 2 is 2.00 bits per heavy atom. The first-order chi connectivity index (χ1) is 7.36. The summed E-state index contributed by atoms with van der Waals surface area (Å²) in [5.41, 5.74) is 7.79. The molecule has 0 saturated carbocycles. The summed E-state index contributed by atoms with van der Waals surface area (Å²) in [5.74, 6) is 0. The number of rotatable bonds is 3. The van der Waals surface area contributed by atoms with Gasteiger partial charge in [0.2, 0.25) is 0 Å². The maximum absolute atomic E-state index is 5.79. The Hall–Kier alpha value is -0.810. The molecular weight excluding hydrogens is 261 g/mol. The summed E-state index contributed by atoms with van der Waals surface area (Å²) in [5, 5.41) is 7.16. The minimum atomic E-state index is 0. The minimum Gasteiger partial charge on any atom is -0.391 e. The first-order valence-corrected chi connectivity index (χ1v) is 5.05. The molecule has 1 saturated heterocycles. The fourth-order valence-corrected chi connectivity index (χ4v) is 1.47. The minimum absolute atomic E-state index is 0. The van der Waals surface area contributed by atoms with E-state index in [1.165, 1.54) is 0 Å². The third-order valence-corrected chi connectivity index (χ3v) is 2.35. The van der Waals surface area contributed by atoms with Crippen molar-refractivity contribution in [3.8, 4) is 0 Å². The van der Waals surface area contributed by atoms with Crippen LogP contribution in [0.5, 0.6) is 0 Å². The normalized spacial score (nSPS) is 20.5. The van der Waals surface area contributed by atoms with Gasteiger partial charge in [-0.05, 0) is 5.56 Å². The lowest BCUT2D eigenvalue weighted by atomic mass is 10.2. The van der Waals surface area contributed by atoms with Crippen LogP contribution in [0.2, 0.25) is 0 Å². The van der Waals surface area contributed by atoms with Crippen molar-refractivity contribution in [3.63, 3.8) is 0 Å². The summed E-state index contributed by atoms with van der Waals surface area (Å²) in [6, 6.07) is 9.95. The van der Waals surface area contributed by atoms with Gasteiger partial charge in [0, 0.05) is 13.1 Å². The van der Waals surface area contributed by atoms with E-state index in [4.69, 9.17) is 10.6 Å². The van der Waals surface area contributed by atoms with E-state index in [0.717, 1.165) is 24.4 Å². The van der Waals surface area contributed by atoms with Crippen molar-refractivity contribution in [3.05, 3.63) is 35.9 Å². The standard InChI is InChI=1S/C11H15N3O.2ClH/c12-10-6-13-7-11(10)14-15-8-9-4-2-1-3-5-9;;/h1-5,10,13H,6-8,12H2;2*1H. The van der Waals surface area contributed by atoms with Gasteiger partial charge < -0.3 is 15.9 Å². The predicted molar refractivity (Wildman–Crippen MR) is 74.0 cm³/mol. The van der Waals surface area contributed by atoms with Crippen LogP contribution >= 0.6 is 24.8 Å². The summed E-state index contributed by atoms with van der Waals surface area (Å²) in [6.45, 7) is 2.01. The molecule has 4 nitrogen and oxygen atoms in total. The molecule has 0 aromatic heterocycles. The second-order valence-corrected chi connectivity index (χ2v) is 3.58. The molecule has 1 aromatic rings. The van der Waals surface area contributed by atoms with E-state index in [9.17, 15) is 0 Å². The van der Waals surface area contributed by atoms with Gasteiger partial charge in [-0.1, -0.05) is 35.5 Å². The van der Waals surface area contributed by atoms with Crippen LogP contribution in [0.15, 0.2) is 35.5 Å². The van der Waals surface area contributed by atoms with Crippen molar-refractivity contribution in [1.29, 1.82) is 0 Å². The Morgan fingerprint density at radius 1 is 1.29 bits per heavy atom. The van der Waals surface area contributed by atoms with Crippen LogP contribution in [0.3, 0.4) is 0 Å². The number of nitrogens with zero attached hydrogens (tertiary/aromatic N) is 1. The van der Waals surface area contributed by atoms with E-state index < -0.39 is 0 Å². The average Bonchev–Trinajstić information content (AvgIpc) is 2.66. The molecule has 96 valence electrons. The van der Waals surface area contributed by atoms with Gasteiger partial charge in [0.05, 0.1) is 11.8 Å². The number of nitrogens with one attached hydrogen (secondary N) is 1. The van der Waals surface area contributed by atoms with Crippen LogP contribution in [-0.4, -0.2) is 24.8 Å². The number of halogens is 2. The zero-order valence-electron chi connectivity index (χ0n) is 9.33. The van der Waals surface area contributed by atoms with Crippen molar-refractivity contribution in [1.82, 2.24) is 5.32 Å². The molecule has 1 unspecified atom stereocenters. The zero-order chi connectivity index (χ0) is 10.5. The van der Waals surface area contributed by atoms with Crippen LogP contribution in [-0.2, 0) is 11.4 Å². The average molecular weight is 278 g/mol. The highest BCUT2D eigenvalue weighted by Gasteiger charge is 2.18. The number of nitrogens with two attached hydrogens (primary N) is 1. The number of oxime groups is 1. The van der Waals surface area contributed by atoms with Crippen molar-refractivity contribution in [2.24, 2.45) is 10.9 Å². The van der Waals surface area contributed by atoms with Gasteiger partial charge in [-0.25, -0.2) is 0 Å². The fraction of sp³-hybridized carbons (Fsp3) is 0.364. The monoisotopic (exact) mass is 277 g/mol. The van der Waals surface area contributed by atoms with Crippen LogP contribution in [0.25, 0.3) is 0 Å². The van der Waals surface area contributed by atoms with Gasteiger partial charge in [0.15, 0.2) is 0 Å². The second kappa shape index (κ2) is 8.31. The van der Waals surface area contributed by atoms with Gasteiger partial charge in [-0.15, -0.1) is 24.8 Å². The Morgan fingerprint density at radius 3 is 2.59 bits per heavy atom. The molecule has 1 aliphatic rings. The molecule has 0 bridgehead atoms. The lowest BCUT2D eigenvalue weighted by molar-refractivity contribution is 0.129. The summed E-state index contributed by atoms with van der Waals surface area (Å²) in [6.07, 6.45) is 0. The fourth-order valence-electron chi connectivity index (χ4n) is 1.47. The molecule has 0 spiro atoms. The maximum Gasteiger partial charge on any atom is 0.142 e. The smallest absolute Gasteiger partial charge is 0.142 e. The predicted octanol–water partition coefficient (Wildman–Crippen LogP) is 1.33. The molecule has 0 aliphatic carbocycles. The van der Waals surface area contributed by atoms with Crippen LogP contribution in [0, 0.1) is 0 Å². The zero-order valence-corrected chi connectivity index (χ0v) is 11.0. The van der Waals surface area contributed by atoms with E-state index >= 15 is 0 Å². The molecule has 1 atom stereocenters. The van der Waals surface area contributed by atoms with Crippen molar-refractivity contribution >= 4 is 30.5 Å². The molecule has 1 heterocycles. The molecule has 1 aromatic carbocycles. The van der Waals surface area contributed by atoms with E-state index in [1.54, 1.807) is 0 Å². The summed E-state index contributed by atoms with van der Waals surface area (Å²) < 4.78 is 0. The lowest BCUT2D eigenvalue weighted by Crippen LogP contribution is -2.29. The Kier molecular flexibility index (Phi) is 7.91. The van der Waals surface area contributed by atoms with Crippen molar-refractivity contribution in [2.45, 2.75) is 12.6 Å². The number of hydrogen-bond acceptors (Lipinski definition) is 4. The molecule has 0 radical (unpaired) electrons. The van der Waals surface area contributed by atoms with E-state index in [0.29, 0.717) is 6.61 Å². The molecule has 2 rings (SSSR count). The third kappa shape index (κ3) is 4.91. The van der Waals surface area contributed by atoms with Gasteiger partial charge >= 0.3 is 0 Å². The van der Waals surface area contributed by atoms with Crippen molar-refractivity contribution < 1.29 is 4.84 Å². The first-order valence-electron chi connectivity index (χ1n) is 5.05. The topological polar surface area (TPSA) is 59.6 Å². The van der Waals surface area contributed by atoms with Gasteiger partial charge in [-0.3, -0.25) is 0 Å². The number of hydrogen-bond donors (Lipinski definition) is 2. The highest BCUT2D eigenvalue weighted by molar-refractivity contribution is 5.92. The molecule has 6 heteroatoms. The third-order valence-electron chi connectivity index (χ3n) is 2.35. The highest BCUT2D eigenvalue weighted by atomic mass is 35.5. The molecule has 17 heavy (non-hydrogen) atoms. The molecule has 1 aliphatic heterocycles. The largest absolute Gasteiger partial charge is 0.391 e. The van der Waals surface area contributed by atoms with Crippen LogP contribution in [0.4, 0.5) is 0 Å². The second-order valence-electron chi connectivity index (χ2n) is 3.58. The van der Waals surface area contributed by atoms with E-state index in [-0.39, 0.29) is 30.9 Å². The maximum atomic E-state index is 5.79. The van der Waals surface area contributed by atoms with Gasteiger partial charge in [-0.2, -0.15) is 0 Å². The van der Waals surface area contributed by atoms with Crippen LogP contribution in [0.1, 0.15) is 5.56 Å². The van der Waals surface area contributed by atoms with Gasteiger partial charge in [0.1, 0.15) is 6.61 Å². The summed E-state index contributed by atoms with van der Waals surface area (Å²) in [4.78, 5) is 5.24. The first kappa shape index (κ1) is 16.2. The lowest BCUT2D eigenvalue weighted by Gasteiger charge is -2.03. The molecular formula is C11H17Cl2N3O.